The van der Waals surface area contributed by atoms with Crippen molar-refractivity contribution < 1.29 is 18.7 Å². The summed E-state index contributed by atoms with van der Waals surface area (Å²) in [6, 6.07) is 10.4. The van der Waals surface area contributed by atoms with Crippen molar-refractivity contribution in [1.82, 2.24) is 0 Å². The Morgan fingerprint density at radius 1 is 1.23 bits per heavy atom. The maximum atomic E-state index is 13.4. The molecule has 114 valence electrons. The van der Waals surface area contributed by atoms with Gasteiger partial charge in [0.2, 0.25) is 0 Å². The van der Waals surface area contributed by atoms with Crippen LogP contribution in [0.1, 0.15) is 15.9 Å². The summed E-state index contributed by atoms with van der Waals surface area (Å²) in [5, 5.41) is 3.05. The fraction of sp³-hybridized carbons (Fsp3) is 0.125. The van der Waals surface area contributed by atoms with Crippen LogP contribution in [0.5, 0.6) is 0 Å². The first-order valence-electron chi connectivity index (χ1n) is 6.45. The fourth-order valence-corrected chi connectivity index (χ4v) is 1.92. The second-order valence-electron chi connectivity index (χ2n) is 4.56. The number of nitrogens with one attached hydrogen (secondary N) is 1. The van der Waals surface area contributed by atoms with Gasteiger partial charge in [0, 0.05) is 10.7 Å². The van der Waals surface area contributed by atoms with Gasteiger partial charge in [-0.1, -0.05) is 29.8 Å². The van der Waals surface area contributed by atoms with Crippen LogP contribution in [-0.4, -0.2) is 18.5 Å². The number of carbonyl (C=O) groups excluding carboxylic acids is 2. The van der Waals surface area contributed by atoms with Gasteiger partial charge in [0.1, 0.15) is 5.82 Å². The van der Waals surface area contributed by atoms with Crippen LogP contribution in [0, 0.1) is 12.7 Å². The van der Waals surface area contributed by atoms with E-state index in [1.807, 2.05) is 0 Å². The first kappa shape index (κ1) is 16.0. The van der Waals surface area contributed by atoms with E-state index in [1.54, 1.807) is 25.1 Å². The predicted molar refractivity (Wildman–Crippen MR) is 81.5 cm³/mol. The maximum Gasteiger partial charge on any atom is 0.341 e. The van der Waals surface area contributed by atoms with Crippen molar-refractivity contribution in [3.63, 3.8) is 0 Å². The number of hydrogen-bond acceptors (Lipinski definition) is 3. The fourth-order valence-electron chi connectivity index (χ4n) is 1.75. The van der Waals surface area contributed by atoms with Crippen molar-refractivity contribution in [3.8, 4) is 0 Å². The lowest BCUT2D eigenvalue weighted by molar-refractivity contribution is -0.119. The summed E-state index contributed by atoms with van der Waals surface area (Å²) in [7, 11) is 0. The molecule has 0 heterocycles. The number of ether oxygens (including phenoxy) is 1. The normalized spacial score (nSPS) is 10.1. The summed E-state index contributed by atoms with van der Waals surface area (Å²) in [5.41, 5.74) is 1.13. The third kappa shape index (κ3) is 4.05. The molecule has 0 aromatic heterocycles. The molecule has 0 aliphatic rings. The highest BCUT2D eigenvalue weighted by Crippen LogP contribution is 2.20. The number of rotatable bonds is 4. The molecule has 1 amide bonds. The van der Waals surface area contributed by atoms with Crippen LogP contribution in [0.25, 0.3) is 0 Å². The number of halogens is 2. The molecule has 2 aromatic carbocycles. The van der Waals surface area contributed by atoms with E-state index in [0.29, 0.717) is 10.7 Å². The first-order valence-corrected chi connectivity index (χ1v) is 6.83. The zero-order valence-electron chi connectivity index (χ0n) is 11.7. The average Bonchev–Trinajstić information content (AvgIpc) is 2.49. The van der Waals surface area contributed by atoms with E-state index in [4.69, 9.17) is 16.3 Å². The minimum atomic E-state index is -0.893. The zero-order chi connectivity index (χ0) is 16.1. The van der Waals surface area contributed by atoms with Gasteiger partial charge in [-0.3, -0.25) is 4.79 Å². The molecule has 0 saturated heterocycles. The van der Waals surface area contributed by atoms with Crippen molar-refractivity contribution >= 4 is 29.2 Å². The molecule has 0 radical (unpaired) electrons. The predicted octanol–water partition coefficient (Wildman–Crippen LogP) is 3.58. The Morgan fingerprint density at radius 3 is 2.68 bits per heavy atom. The molecule has 2 rings (SSSR count). The monoisotopic (exact) mass is 321 g/mol. The van der Waals surface area contributed by atoms with E-state index < -0.39 is 24.3 Å². The largest absolute Gasteiger partial charge is 0.452 e. The Kier molecular flexibility index (Phi) is 5.12. The van der Waals surface area contributed by atoms with Gasteiger partial charge in [-0.2, -0.15) is 0 Å². The number of aryl methyl sites for hydroxylation is 1. The number of benzene rings is 2. The van der Waals surface area contributed by atoms with Gasteiger partial charge in [-0.15, -0.1) is 0 Å². The number of amides is 1. The van der Waals surface area contributed by atoms with E-state index in [9.17, 15) is 14.0 Å². The highest BCUT2D eigenvalue weighted by molar-refractivity contribution is 6.31. The molecule has 1 N–H and O–H groups in total. The van der Waals surface area contributed by atoms with E-state index in [1.165, 1.54) is 18.2 Å². The molecule has 0 saturated carbocycles. The second kappa shape index (κ2) is 7.04. The van der Waals surface area contributed by atoms with Gasteiger partial charge in [0.05, 0.1) is 5.56 Å². The summed E-state index contributed by atoms with van der Waals surface area (Å²) in [5.74, 6) is -2.12. The van der Waals surface area contributed by atoms with Crippen LogP contribution in [-0.2, 0) is 9.53 Å². The van der Waals surface area contributed by atoms with Gasteiger partial charge in [0.15, 0.2) is 6.61 Å². The van der Waals surface area contributed by atoms with E-state index in [2.05, 4.69) is 5.32 Å². The van der Waals surface area contributed by atoms with Crippen LogP contribution in [0.2, 0.25) is 5.02 Å². The van der Waals surface area contributed by atoms with Crippen molar-refractivity contribution in [3.05, 3.63) is 64.4 Å². The molecule has 22 heavy (non-hydrogen) atoms. The lowest BCUT2D eigenvalue weighted by atomic mass is 10.2. The number of carbonyl (C=O) groups is 2. The van der Waals surface area contributed by atoms with Crippen molar-refractivity contribution in [2.24, 2.45) is 0 Å². The molecular weight excluding hydrogens is 309 g/mol. The molecular formula is C16H13ClFNO3. The SMILES string of the molecule is Cc1ccc(Cl)cc1NC(=O)COC(=O)c1ccccc1F. The molecule has 0 unspecified atom stereocenters. The minimum absolute atomic E-state index is 0.214. The van der Waals surface area contributed by atoms with E-state index in [0.717, 1.165) is 11.6 Å². The standard InChI is InChI=1S/C16H13ClFNO3/c1-10-6-7-11(17)8-14(10)19-15(20)9-22-16(21)12-4-2-3-5-13(12)18/h2-8H,9H2,1H3,(H,19,20). The molecule has 0 aliphatic heterocycles. The molecule has 4 nitrogen and oxygen atoms in total. The van der Waals surface area contributed by atoms with Crippen molar-refractivity contribution in [2.45, 2.75) is 6.92 Å². The highest BCUT2D eigenvalue weighted by atomic mass is 35.5. The molecule has 0 fully saturated rings. The van der Waals surface area contributed by atoms with Gasteiger partial charge >= 0.3 is 5.97 Å². The minimum Gasteiger partial charge on any atom is -0.452 e. The smallest absolute Gasteiger partial charge is 0.341 e. The Labute approximate surface area is 131 Å². The summed E-state index contributed by atoms with van der Waals surface area (Å²) < 4.78 is 18.2. The van der Waals surface area contributed by atoms with Crippen LogP contribution >= 0.6 is 11.6 Å². The number of hydrogen-bond donors (Lipinski definition) is 1. The Balaban J connectivity index is 1.94. The maximum absolute atomic E-state index is 13.4. The molecule has 0 atom stereocenters. The third-order valence-corrected chi connectivity index (χ3v) is 3.14. The Morgan fingerprint density at radius 2 is 1.95 bits per heavy atom. The van der Waals surface area contributed by atoms with Gasteiger partial charge in [-0.25, -0.2) is 9.18 Å². The van der Waals surface area contributed by atoms with Gasteiger partial charge in [-0.05, 0) is 36.8 Å². The Bertz CT molecular complexity index is 718. The lowest BCUT2D eigenvalue weighted by Gasteiger charge is -2.09. The zero-order valence-corrected chi connectivity index (χ0v) is 12.5. The molecule has 2 aromatic rings. The highest BCUT2D eigenvalue weighted by Gasteiger charge is 2.14. The average molecular weight is 322 g/mol. The van der Waals surface area contributed by atoms with Gasteiger partial charge in [0.25, 0.3) is 5.91 Å². The van der Waals surface area contributed by atoms with Crippen LogP contribution in [0.15, 0.2) is 42.5 Å². The summed E-state index contributed by atoms with van der Waals surface area (Å²) >= 11 is 5.85. The third-order valence-electron chi connectivity index (χ3n) is 2.90. The summed E-state index contributed by atoms with van der Waals surface area (Å²) in [6.07, 6.45) is 0. The van der Waals surface area contributed by atoms with E-state index >= 15 is 0 Å². The molecule has 6 heteroatoms. The number of anilines is 1. The van der Waals surface area contributed by atoms with Crippen molar-refractivity contribution in [2.75, 3.05) is 11.9 Å². The molecule has 0 aliphatic carbocycles. The first-order chi connectivity index (χ1) is 10.5. The molecule has 0 spiro atoms. The summed E-state index contributed by atoms with van der Waals surface area (Å²) in [6.45, 7) is 1.29. The van der Waals surface area contributed by atoms with Crippen LogP contribution in [0.4, 0.5) is 10.1 Å². The topological polar surface area (TPSA) is 55.4 Å². The lowest BCUT2D eigenvalue weighted by Crippen LogP contribution is -2.21. The van der Waals surface area contributed by atoms with Gasteiger partial charge < -0.3 is 10.1 Å². The Hall–Kier alpha value is -2.40. The van der Waals surface area contributed by atoms with E-state index in [-0.39, 0.29) is 5.56 Å². The summed E-state index contributed by atoms with van der Waals surface area (Å²) in [4.78, 5) is 23.5. The second-order valence-corrected chi connectivity index (χ2v) is 5.00. The van der Waals surface area contributed by atoms with Crippen LogP contribution < -0.4 is 5.32 Å². The van der Waals surface area contributed by atoms with Crippen molar-refractivity contribution in [1.29, 1.82) is 0 Å². The number of esters is 1. The molecule has 0 bridgehead atoms. The van der Waals surface area contributed by atoms with Crippen LogP contribution in [0.3, 0.4) is 0 Å². The quantitative estimate of drug-likeness (QED) is 0.876.